The zero-order chi connectivity index (χ0) is 15.0. The van der Waals surface area contributed by atoms with Crippen LogP contribution in [0.15, 0.2) is 54.6 Å². The standard InChI is InChI=1S/C15H10N2O4/c18-14-11-8-4-5-9-12(11)16(10-6-2-1-3-7-10)15(19)13(14)17(20)21/h1-9,13H/t13-/m0/s1. The molecule has 0 spiro atoms. The van der Waals surface area contributed by atoms with Crippen LogP contribution in [0.25, 0.3) is 0 Å². The minimum absolute atomic E-state index is 0.183. The topological polar surface area (TPSA) is 80.5 Å². The van der Waals surface area contributed by atoms with Gasteiger partial charge in [0.1, 0.15) is 0 Å². The lowest BCUT2D eigenvalue weighted by Gasteiger charge is -2.29. The Morgan fingerprint density at radius 2 is 1.57 bits per heavy atom. The maximum Gasteiger partial charge on any atom is 0.352 e. The van der Waals surface area contributed by atoms with Gasteiger partial charge in [-0.3, -0.25) is 24.6 Å². The van der Waals surface area contributed by atoms with Gasteiger partial charge in [-0.05, 0) is 24.3 Å². The van der Waals surface area contributed by atoms with Gasteiger partial charge in [-0.2, -0.15) is 0 Å². The number of hydrogen-bond donors (Lipinski definition) is 0. The third kappa shape index (κ3) is 1.97. The van der Waals surface area contributed by atoms with Crippen molar-refractivity contribution in [1.82, 2.24) is 0 Å². The van der Waals surface area contributed by atoms with Crippen LogP contribution in [0, 0.1) is 10.1 Å². The molecular formula is C15H10N2O4. The molecule has 0 aliphatic carbocycles. The molecule has 0 bridgehead atoms. The van der Waals surface area contributed by atoms with Gasteiger partial charge in [0.25, 0.3) is 0 Å². The fourth-order valence-electron chi connectivity index (χ4n) is 2.41. The molecule has 2 aromatic rings. The zero-order valence-corrected chi connectivity index (χ0v) is 10.8. The number of carbonyl (C=O) groups is 2. The molecule has 0 saturated carbocycles. The molecule has 0 N–H and O–H groups in total. The van der Waals surface area contributed by atoms with Crippen molar-refractivity contribution in [2.75, 3.05) is 4.90 Å². The van der Waals surface area contributed by atoms with Gasteiger partial charge in [-0.25, -0.2) is 0 Å². The number of benzene rings is 2. The average Bonchev–Trinajstić information content (AvgIpc) is 2.48. The molecule has 6 heteroatoms. The molecule has 1 aliphatic rings. The Hall–Kier alpha value is -3.02. The van der Waals surface area contributed by atoms with Gasteiger partial charge in [-0.1, -0.05) is 30.3 Å². The lowest BCUT2D eigenvalue weighted by atomic mass is 9.95. The highest BCUT2D eigenvalue weighted by molar-refractivity contribution is 6.25. The number of Topliss-reactive ketones (excluding diaryl/α,β-unsaturated/α-hetero) is 1. The number of fused-ring (bicyclic) bond motifs is 1. The van der Waals surface area contributed by atoms with Crippen molar-refractivity contribution in [3.8, 4) is 0 Å². The number of anilines is 2. The molecule has 104 valence electrons. The molecule has 21 heavy (non-hydrogen) atoms. The number of amides is 1. The molecule has 1 amide bonds. The lowest BCUT2D eigenvalue weighted by Crippen LogP contribution is -2.49. The summed E-state index contributed by atoms with van der Waals surface area (Å²) in [7, 11) is 0. The highest BCUT2D eigenvalue weighted by Gasteiger charge is 2.48. The van der Waals surface area contributed by atoms with E-state index >= 15 is 0 Å². The van der Waals surface area contributed by atoms with Crippen molar-refractivity contribution >= 4 is 23.1 Å². The summed E-state index contributed by atoms with van der Waals surface area (Å²) >= 11 is 0. The number of ketones is 1. The molecular weight excluding hydrogens is 272 g/mol. The number of nitro groups is 1. The number of hydrogen-bond acceptors (Lipinski definition) is 4. The second kappa shape index (κ2) is 4.82. The van der Waals surface area contributed by atoms with E-state index < -0.39 is 22.7 Å². The van der Waals surface area contributed by atoms with Gasteiger partial charge in [0.2, 0.25) is 5.78 Å². The van der Waals surface area contributed by atoms with Crippen molar-refractivity contribution in [3.63, 3.8) is 0 Å². The van der Waals surface area contributed by atoms with Gasteiger partial charge in [0, 0.05) is 16.2 Å². The fourth-order valence-corrected chi connectivity index (χ4v) is 2.41. The van der Waals surface area contributed by atoms with Crippen LogP contribution in [0.3, 0.4) is 0 Å². The highest BCUT2D eigenvalue weighted by Crippen LogP contribution is 2.34. The van der Waals surface area contributed by atoms with E-state index in [1.165, 1.54) is 11.0 Å². The monoisotopic (exact) mass is 282 g/mol. The first kappa shape index (κ1) is 13.0. The molecule has 0 saturated heterocycles. The maximum absolute atomic E-state index is 12.4. The van der Waals surface area contributed by atoms with Crippen LogP contribution in [0.1, 0.15) is 10.4 Å². The van der Waals surface area contributed by atoms with Gasteiger partial charge in [0.05, 0.1) is 5.69 Å². The maximum atomic E-state index is 12.4. The second-order valence-corrected chi connectivity index (χ2v) is 4.58. The van der Waals surface area contributed by atoms with Gasteiger partial charge in [0.15, 0.2) is 0 Å². The van der Waals surface area contributed by atoms with Crippen molar-refractivity contribution in [1.29, 1.82) is 0 Å². The SMILES string of the molecule is O=C1c2ccccc2N(c2ccccc2)C(=O)[C@H]1[N+](=O)[O-]. The van der Waals surface area contributed by atoms with Crippen molar-refractivity contribution in [2.45, 2.75) is 6.04 Å². The number of carbonyl (C=O) groups excluding carboxylic acids is 2. The molecule has 0 fully saturated rings. The van der Waals surface area contributed by atoms with Crippen LogP contribution < -0.4 is 4.90 Å². The van der Waals surface area contributed by atoms with E-state index in [9.17, 15) is 19.7 Å². The van der Waals surface area contributed by atoms with Crippen LogP contribution in [-0.2, 0) is 4.79 Å². The van der Waals surface area contributed by atoms with E-state index in [0.717, 1.165) is 0 Å². The van der Waals surface area contributed by atoms with Crippen LogP contribution in [0.4, 0.5) is 11.4 Å². The van der Waals surface area contributed by atoms with Crippen molar-refractivity contribution in [3.05, 3.63) is 70.3 Å². The predicted molar refractivity (Wildman–Crippen MR) is 75.1 cm³/mol. The first-order valence-electron chi connectivity index (χ1n) is 6.27. The van der Waals surface area contributed by atoms with E-state index in [0.29, 0.717) is 11.4 Å². The first-order chi connectivity index (χ1) is 10.1. The summed E-state index contributed by atoms with van der Waals surface area (Å²) in [5, 5.41) is 11.1. The van der Waals surface area contributed by atoms with Crippen LogP contribution in [-0.4, -0.2) is 22.7 Å². The summed E-state index contributed by atoms with van der Waals surface area (Å²) in [6.45, 7) is 0. The molecule has 0 unspecified atom stereocenters. The van der Waals surface area contributed by atoms with Crippen LogP contribution >= 0.6 is 0 Å². The Morgan fingerprint density at radius 3 is 2.24 bits per heavy atom. The van der Waals surface area contributed by atoms with Crippen LogP contribution in [0.2, 0.25) is 0 Å². The number of para-hydroxylation sites is 2. The van der Waals surface area contributed by atoms with E-state index in [1.807, 2.05) is 0 Å². The lowest BCUT2D eigenvalue weighted by molar-refractivity contribution is -0.491. The van der Waals surface area contributed by atoms with Gasteiger partial charge in [-0.15, -0.1) is 0 Å². The Kier molecular flexibility index (Phi) is 2.98. The Morgan fingerprint density at radius 1 is 0.952 bits per heavy atom. The minimum Gasteiger partial charge on any atom is -0.286 e. The van der Waals surface area contributed by atoms with Crippen molar-refractivity contribution < 1.29 is 14.5 Å². The van der Waals surface area contributed by atoms with E-state index in [1.54, 1.807) is 48.5 Å². The minimum atomic E-state index is -1.89. The Balaban J connectivity index is 2.23. The average molecular weight is 282 g/mol. The zero-order valence-electron chi connectivity index (χ0n) is 10.8. The normalized spacial score (nSPS) is 17.5. The molecule has 3 rings (SSSR count). The highest BCUT2D eigenvalue weighted by atomic mass is 16.6. The van der Waals surface area contributed by atoms with Crippen molar-refractivity contribution in [2.24, 2.45) is 0 Å². The largest absolute Gasteiger partial charge is 0.352 e. The second-order valence-electron chi connectivity index (χ2n) is 4.58. The Labute approximate surface area is 119 Å². The van der Waals surface area contributed by atoms with Crippen LogP contribution in [0.5, 0.6) is 0 Å². The summed E-state index contributed by atoms with van der Waals surface area (Å²) in [6, 6.07) is 13.1. The number of nitrogens with zero attached hydrogens (tertiary/aromatic N) is 2. The first-order valence-corrected chi connectivity index (χ1v) is 6.27. The van der Waals surface area contributed by atoms with E-state index in [2.05, 4.69) is 0 Å². The third-order valence-corrected chi connectivity index (χ3v) is 3.34. The Bertz CT molecular complexity index is 742. The quantitative estimate of drug-likeness (QED) is 0.480. The van der Waals surface area contributed by atoms with Gasteiger partial charge < -0.3 is 0 Å². The summed E-state index contributed by atoms with van der Waals surface area (Å²) in [5.74, 6) is -1.61. The summed E-state index contributed by atoms with van der Waals surface area (Å²) in [4.78, 5) is 36.0. The number of rotatable bonds is 2. The molecule has 6 nitrogen and oxygen atoms in total. The summed E-state index contributed by atoms with van der Waals surface area (Å²) in [5.41, 5.74) is 1.05. The molecule has 1 heterocycles. The smallest absolute Gasteiger partial charge is 0.286 e. The van der Waals surface area contributed by atoms with Gasteiger partial charge >= 0.3 is 11.9 Å². The summed E-state index contributed by atoms with van der Waals surface area (Å²) in [6.07, 6.45) is 0. The molecule has 2 aromatic carbocycles. The summed E-state index contributed by atoms with van der Waals surface area (Å²) < 4.78 is 0. The fraction of sp³-hybridized carbons (Fsp3) is 0.0667. The van der Waals surface area contributed by atoms with E-state index in [-0.39, 0.29) is 5.56 Å². The predicted octanol–water partition coefficient (Wildman–Crippen LogP) is 2.19. The molecule has 1 aliphatic heterocycles. The molecule has 1 atom stereocenters. The van der Waals surface area contributed by atoms with E-state index in [4.69, 9.17) is 0 Å². The molecule has 0 radical (unpaired) electrons. The third-order valence-electron chi connectivity index (χ3n) is 3.34. The molecule has 0 aromatic heterocycles.